The fourth-order valence-corrected chi connectivity index (χ4v) is 3.58. The Labute approximate surface area is 205 Å². The van der Waals surface area contributed by atoms with Gasteiger partial charge in [0.15, 0.2) is 0 Å². The molecule has 4 aromatic rings. The molecule has 0 aliphatic rings. The summed E-state index contributed by atoms with van der Waals surface area (Å²) in [6.07, 6.45) is 4.97. The molecular formula is C28H29N5O2. The van der Waals surface area contributed by atoms with E-state index in [-0.39, 0.29) is 5.91 Å². The fraction of sp³-hybridized carbons (Fsp3) is 0.179. The maximum atomic E-state index is 12.4. The third kappa shape index (κ3) is 6.65. The van der Waals surface area contributed by atoms with Gasteiger partial charge in [-0.05, 0) is 67.7 Å². The van der Waals surface area contributed by atoms with Gasteiger partial charge in [-0.15, -0.1) is 0 Å². The molecule has 7 heteroatoms. The molecule has 0 radical (unpaired) electrons. The number of nitrogens with one attached hydrogen (secondary N) is 2. The summed E-state index contributed by atoms with van der Waals surface area (Å²) in [4.78, 5) is 23.4. The van der Waals surface area contributed by atoms with E-state index in [2.05, 4.69) is 39.3 Å². The molecule has 0 saturated heterocycles. The standard InChI is InChI=1S/C28H29N5O2/c1-3-33(4-2)18-8-11-27(34)31-22-14-17-26-25(19-22)28(30-20-29-26)32-21-12-15-24(16-13-21)35-23-9-6-5-7-10-23/h5-17,19-20H,3-4,18H2,1-2H3,(H,31,34)(H,29,30,32). The van der Waals surface area contributed by atoms with Crippen molar-refractivity contribution in [3.63, 3.8) is 0 Å². The first kappa shape index (κ1) is 23.9. The zero-order valence-electron chi connectivity index (χ0n) is 19.9. The van der Waals surface area contributed by atoms with E-state index in [0.717, 1.165) is 47.7 Å². The number of para-hydroxylation sites is 1. The highest BCUT2D eigenvalue weighted by molar-refractivity contribution is 6.01. The first-order valence-corrected chi connectivity index (χ1v) is 11.7. The SMILES string of the molecule is CCN(CC)CC=CC(=O)Nc1ccc2ncnc(Nc3ccc(Oc4ccccc4)cc3)c2c1. The van der Waals surface area contributed by atoms with Crippen LogP contribution in [0.2, 0.25) is 0 Å². The Morgan fingerprint density at radius 1 is 0.914 bits per heavy atom. The molecule has 35 heavy (non-hydrogen) atoms. The van der Waals surface area contributed by atoms with Crippen molar-refractivity contribution < 1.29 is 9.53 Å². The van der Waals surface area contributed by atoms with E-state index in [4.69, 9.17) is 4.74 Å². The van der Waals surface area contributed by atoms with Crippen molar-refractivity contribution >= 4 is 34.0 Å². The van der Waals surface area contributed by atoms with E-state index in [0.29, 0.717) is 11.5 Å². The van der Waals surface area contributed by atoms with Crippen LogP contribution in [-0.4, -0.2) is 40.4 Å². The topological polar surface area (TPSA) is 79.4 Å². The molecule has 0 fully saturated rings. The van der Waals surface area contributed by atoms with Crippen LogP contribution in [0.3, 0.4) is 0 Å². The third-order valence-corrected chi connectivity index (χ3v) is 5.53. The number of carbonyl (C=O) groups is 1. The highest BCUT2D eigenvalue weighted by Crippen LogP contribution is 2.28. The molecule has 0 bridgehead atoms. The summed E-state index contributed by atoms with van der Waals surface area (Å²) in [6.45, 7) is 6.85. The van der Waals surface area contributed by atoms with Crippen molar-refractivity contribution in [2.45, 2.75) is 13.8 Å². The largest absolute Gasteiger partial charge is 0.457 e. The van der Waals surface area contributed by atoms with E-state index < -0.39 is 0 Å². The van der Waals surface area contributed by atoms with Crippen LogP contribution < -0.4 is 15.4 Å². The first-order chi connectivity index (χ1) is 17.1. The lowest BCUT2D eigenvalue weighted by Crippen LogP contribution is -2.23. The third-order valence-electron chi connectivity index (χ3n) is 5.53. The average molecular weight is 468 g/mol. The van der Waals surface area contributed by atoms with Crippen molar-refractivity contribution in [3.8, 4) is 11.5 Å². The number of aromatic nitrogens is 2. The van der Waals surface area contributed by atoms with Gasteiger partial charge in [0.25, 0.3) is 0 Å². The van der Waals surface area contributed by atoms with E-state index in [1.165, 1.54) is 6.33 Å². The van der Waals surface area contributed by atoms with Crippen molar-refractivity contribution in [2.24, 2.45) is 0 Å². The predicted molar refractivity (Wildman–Crippen MR) is 141 cm³/mol. The number of fused-ring (bicyclic) bond motifs is 1. The van der Waals surface area contributed by atoms with Crippen molar-refractivity contribution in [1.29, 1.82) is 0 Å². The Bertz CT molecular complexity index is 1290. The summed E-state index contributed by atoms with van der Waals surface area (Å²) in [5.74, 6) is 2.01. The Kier molecular flexibility index (Phi) is 8.04. The smallest absolute Gasteiger partial charge is 0.248 e. The molecule has 4 rings (SSSR count). The zero-order chi connectivity index (χ0) is 24.5. The van der Waals surface area contributed by atoms with Gasteiger partial charge in [-0.2, -0.15) is 0 Å². The maximum absolute atomic E-state index is 12.4. The number of benzene rings is 3. The molecule has 0 spiro atoms. The van der Waals surface area contributed by atoms with Gasteiger partial charge in [-0.25, -0.2) is 9.97 Å². The second-order valence-corrected chi connectivity index (χ2v) is 7.90. The lowest BCUT2D eigenvalue weighted by atomic mass is 10.2. The summed E-state index contributed by atoms with van der Waals surface area (Å²) in [5, 5.41) is 7.07. The van der Waals surface area contributed by atoms with E-state index >= 15 is 0 Å². The van der Waals surface area contributed by atoms with Gasteiger partial charge >= 0.3 is 0 Å². The van der Waals surface area contributed by atoms with Crippen LogP contribution in [-0.2, 0) is 4.79 Å². The van der Waals surface area contributed by atoms with Crippen LogP contribution in [0.15, 0.2) is 91.3 Å². The number of hydrogen-bond acceptors (Lipinski definition) is 6. The number of hydrogen-bond donors (Lipinski definition) is 2. The molecule has 2 N–H and O–H groups in total. The summed E-state index contributed by atoms with van der Waals surface area (Å²) >= 11 is 0. The highest BCUT2D eigenvalue weighted by Gasteiger charge is 2.07. The van der Waals surface area contributed by atoms with Crippen molar-refractivity contribution in [3.05, 3.63) is 91.3 Å². The zero-order valence-corrected chi connectivity index (χ0v) is 19.9. The summed E-state index contributed by atoms with van der Waals surface area (Å²) in [5.41, 5.74) is 2.32. The van der Waals surface area contributed by atoms with Gasteiger partial charge in [0.05, 0.1) is 5.52 Å². The van der Waals surface area contributed by atoms with Crippen LogP contribution in [0, 0.1) is 0 Å². The van der Waals surface area contributed by atoms with Gasteiger partial charge in [0, 0.05) is 29.4 Å². The van der Waals surface area contributed by atoms with Crippen molar-refractivity contribution in [2.75, 3.05) is 30.3 Å². The van der Waals surface area contributed by atoms with Gasteiger partial charge in [-0.3, -0.25) is 4.79 Å². The second-order valence-electron chi connectivity index (χ2n) is 7.90. The molecule has 1 amide bonds. The molecular weight excluding hydrogens is 438 g/mol. The number of ether oxygens (including phenoxy) is 1. The van der Waals surface area contributed by atoms with Gasteiger partial charge in [0.2, 0.25) is 5.91 Å². The summed E-state index contributed by atoms with van der Waals surface area (Å²) in [7, 11) is 0. The number of amides is 1. The molecule has 0 aliphatic heterocycles. The van der Waals surface area contributed by atoms with E-state index in [9.17, 15) is 4.79 Å². The van der Waals surface area contributed by atoms with Crippen LogP contribution in [0.5, 0.6) is 11.5 Å². The number of carbonyl (C=O) groups excluding carboxylic acids is 1. The fourth-order valence-electron chi connectivity index (χ4n) is 3.58. The minimum atomic E-state index is -0.170. The number of rotatable bonds is 10. The molecule has 7 nitrogen and oxygen atoms in total. The number of nitrogens with zero attached hydrogens (tertiary/aromatic N) is 3. The summed E-state index contributed by atoms with van der Waals surface area (Å²) in [6, 6.07) is 22.9. The molecule has 0 saturated carbocycles. The first-order valence-electron chi connectivity index (χ1n) is 11.7. The molecule has 0 unspecified atom stereocenters. The minimum Gasteiger partial charge on any atom is -0.457 e. The second kappa shape index (κ2) is 11.8. The van der Waals surface area contributed by atoms with Crippen LogP contribution in [0.25, 0.3) is 10.9 Å². The quantitative estimate of drug-likeness (QED) is 0.278. The van der Waals surface area contributed by atoms with Crippen molar-refractivity contribution in [1.82, 2.24) is 14.9 Å². The van der Waals surface area contributed by atoms with Gasteiger partial charge in [0.1, 0.15) is 23.6 Å². The lowest BCUT2D eigenvalue weighted by Gasteiger charge is -2.14. The molecule has 1 aromatic heterocycles. The van der Waals surface area contributed by atoms with Gasteiger partial charge < -0.3 is 20.3 Å². The van der Waals surface area contributed by atoms with Crippen LogP contribution in [0.4, 0.5) is 17.2 Å². The minimum absolute atomic E-state index is 0.170. The maximum Gasteiger partial charge on any atom is 0.248 e. The molecule has 1 heterocycles. The Morgan fingerprint density at radius 2 is 1.63 bits per heavy atom. The Hall–Kier alpha value is -4.23. The van der Waals surface area contributed by atoms with Crippen LogP contribution >= 0.6 is 0 Å². The molecule has 178 valence electrons. The normalized spacial score (nSPS) is 11.2. The highest BCUT2D eigenvalue weighted by atomic mass is 16.5. The summed E-state index contributed by atoms with van der Waals surface area (Å²) < 4.78 is 5.86. The van der Waals surface area contributed by atoms with Crippen LogP contribution in [0.1, 0.15) is 13.8 Å². The molecule has 0 atom stereocenters. The number of likely N-dealkylation sites (N-methyl/N-ethyl adjacent to an activating group) is 1. The monoisotopic (exact) mass is 467 g/mol. The predicted octanol–water partition coefficient (Wildman–Crippen LogP) is 6.00. The van der Waals surface area contributed by atoms with E-state index in [1.807, 2.05) is 78.9 Å². The average Bonchev–Trinajstić information content (AvgIpc) is 2.89. The molecule has 3 aromatic carbocycles. The van der Waals surface area contributed by atoms with E-state index in [1.54, 1.807) is 6.08 Å². The lowest BCUT2D eigenvalue weighted by molar-refractivity contribution is -0.111. The van der Waals surface area contributed by atoms with Gasteiger partial charge in [-0.1, -0.05) is 38.1 Å². The molecule has 0 aliphatic carbocycles. The Morgan fingerprint density at radius 3 is 2.37 bits per heavy atom. The Balaban J connectivity index is 1.45. The number of anilines is 3.